The van der Waals surface area contributed by atoms with Gasteiger partial charge in [0.1, 0.15) is 17.3 Å². The third-order valence-electron chi connectivity index (χ3n) is 9.64. The lowest BCUT2D eigenvalue weighted by Crippen LogP contribution is -2.38. The number of hydrogen-bond acceptors (Lipinski definition) is 4. The van der Waals surface area contributed by atoms with Crippen molar-refractivity contribution in [2.45, 2.75) is 64.3 Å². The summed E-state index contributed by atoms with van der Waals surface area (Å²) < 4.78 is 8.88. The van der Waals surface area contributed by atoms with Gasteiger partial charge in [0.25, 0.3) is 0 Å². The first-order chi connectivity index (χ1) is 21.9. The molecule has 1 fully saturated rings. The molecule has 3 heterocycles. The van der Waals surface area contributed by atoms with Crippen LogP contribution in [0.4, 0.5) is 17.1 Å². The summed E-state index contributed by atoms with van der Waals surface area (Å²) in [5.41, 5.74) is 7.28. The lowest BCUT2D eigenvalue weighted by molar-refractivity contribution is 0.420. The van der Waals surface area contributed by atoms with E-state index in [1.807, 2.05) is 6.20 Å². The minimum Gasteiger partial charge on any atom is -0.457 e. The van der Waals surface area contributed by atoms with Crippen LogP contribution in [0.15, 0.2) is 109 Å². The van der Waals surface area contributed by atoms with Crippen molar-refractivity contribution in [1.82, 2.24) is 9.55 Å². The molecule has 8 rings (SSSR count). The standard InChI is InChI=1S/C40H40N4O/c1-40(2,3)28-22-23-41-39(24-28)44-35-17-8-7-16-33(35)34-21-20-32(26-38(34)44)45-31-15-11-14-30(25-31)43-27-42(29-12-5-4-6-13-29)36-18-9-10-19-37(36)43/h7-11,14-26,29H,4-6,12-13,27H2,1-3H3. The summed E-state index contributed by atoms with van der Waals surface area (Å²) >= 11 is 0. The van der Waals surface area contributed by atoms with E-state index in [4.69, 9.17) is 9.72 Å². The first kappa shape index (κ1) is 27.8. The Morgan fingerprint density at radius 2 is 1.44 bits per heavy atom. The van der Waals surface area contributed by atoms with E-state index >= 15 is 0 Å². The molecular formula is C40H40N4O. The zero-order valence-corrected chi connectivity index (χ0v) is 26.4. The summed E-state index contributed by atoms with van der Waals surface area (Å²) in [5.74, 6) is 2.56. The van der Waals surface area contributed by atoms with Gasteiger partial charge >= 0.3 is 0 Å². The highest BCUT2D eigenvalue weighted by Gasteiger charge is 2.32. The second-order valence-corrected chi connectivity index (χ2v) is 13.6. The molecule has 1 aliphatic heterocycles. The number of anilines is 3. The van der Waals surface area contributed by atoms with E-state index in [2.05, 4.69) is 138 Å². The molecule has 0 unspecified atom stereocenters. The largest absolute Gasteiger partial charge is 0.457 e. The summed E-state index contributed by atoms with van der Waals surface area (Å²) in [7, 11) is 0. The minimum atomic E-state index is 0.0268. The number of nitrogens with zero attached hydrogens (tertiary/aromatic N) is 4. The van der Waals surface area contributed by atoms with Gasteiger partial charge in [-0.3, -0.25) is 4.57 Å². The zero-order chi connectivity index (χ0) is 30.5. The van der Waals surface area contributed by atoms with E-state index < -0.39 is 0 Å². The predicted molar refractivity (Wildman–Crippen MR) is 187 cm³/mol. The molecule has 1 saturated carbocycles. The average molecular weight is 593 g/mol. The van der Waals surface area contributed by atoms with Gasteiger partial charge in [-0.05, 0) is 78.4 Å². The number of benzene rings is 4. The number of para-hydroxylation sites is 3. The molecule has 0 spiro atoms. The highest BCUT2D eigenvalue weighted by atomic mass is 16.5. The van der Waals surface area contributed by atoms with Crippen molar-refractivity contribution in [3.05, 3.63) is 115 Å². The topological polar surface area (TPSA) is 33.5 Å². The molecule has 0 N–H and O–H groups in total. The van der Waals surface area contributed by atoms with Crippen LogP contribution < -0.4 is 14.5 Å². The van der Waals surface area contributed by atoms with Crippen LogP contribution in [-0.2, 0) is 5.41 Å². The molecule has 226 valence electrons. The molecule has 0 saturated heterocycles. The van der Waals surface area contributed by atoms with Crippen molar-refractivity contribution >= 4 is 38.9 Å². The first-order valence-electron chi connectivity index (χ1n) is 16.4. The van der Waals surface area contributed by atoms with Crippen LogP contribution in [0.2, 0.25) is 0 Å². The zero-order valence-electron chi connectivity index (χ0n) is 26.4. The van der Waals surface area contributed by atoms with Crippen LogP contribution in [0.5, 0.6) is 11.5 Å². The molecule has 5 heteroatoms. The first-order valence-corrected chi connectivity index (χ1v) is 16.4. The van der Waals surface area contributed by atoms with Crippen molar-refractivity contribution < 1.29 is 4.74 Å². The highest BCUT2D eigenvalue weighted by Crippen LogP contribution is 2.44. The van der Waals surface area contributed by atoms with Crippen LogP contribution in [0.25, 0.3) is 27.6 Å². The Hall–Kier alpha value is -4.77. The number of rotatable bonds is 5. The Bertz CT molecular complexity index is 2010. The lowest BCUT2D eigenvalue weighted by atomic mass is 9.88. The van der Waals surface area contributed by atoms with Gasteiger partial charge in [0.15, 0.2) is 0 Å². The summed E-state index contributed by atoms with van der Waals surface area (Å²) in [6.45, 7) is 7.60. The number of ether oxygens (including phenoxy) is 1. The summed E-state index contributed by atoms with van der Waals surface area (Å²) in [6.07, 6.45) is 8.50. The second-order valence-electron chi connectivity index (χ2n) is 13.6. The number of aromatic nitrogens is 2. The Kier molecular flexibility index (Phi) is 6.78. The van der Waals surface area contributed by atoms with Gasteiger partial charge in [-0.15, -0.1) is 0 Å². The third kappa shape index (κ3) is 5.01. The minimum absolute atomic E-state index is 0.0268. The SMILES string of the molecule is CC(C)(C)c1ccnc(-n2c3ccccc3c3ccc(Oc4cccc(N5CN(C6CCCCC6)c6ccccc65)c4)cc32)c1. The molecule has 0 radical (unpaired) electrons. The predicted octanol–water partition coefficient (Wildman–Crippen LogP) is 10.5. The van der Waals surface area contributed by atoms with Gasteiger partial charge in [0.05, 0.1) is 29.1 Å². The number of fused-ring (bicyclic) bond motifs is 4. The fourth-order valence-corrected chi connectivity index (χ4v) is 7.28. The molecule has 0 atom stereocenters. The maximum absolute atomic E-state index is 6.61. The molecule has 2 aliphatic rings. The molecule has 4 aromatic carbocycles. The number of hydrogen-bond donors (Lipinski definition) is 0. The van der Waals surface area contributed by atoms with E-state index in [1.165, 1.54) is 59.8 Å². The second kappa shape index (κ2) is 11.0. The molecule has 2 aromatic heterocycles. The van der Waals surface area contributed by atoms with E-state index in [9.17, 15) is 0 Å². The smallest absolute Gasteiger partial charge is 0.137 e. The highest BCUT2D eigenvalue weighted by molar-refractivity contribution is 6.09. The maximum atomic E-state index is 6.61. The van der Waals surface area contributed by atoms with Crippen molar-refractivity contribution in [2.24, 2.45) is 0 Å². The van der Waals surface area contributed by atoms with Gasteiger partial charge in [0.2, 0.25) is 0 Å². The van der Waals surface area contributed by atoms with Crippen LogP contribution in [0.1, 0.15) is 58.4 Å². The Labute approximate surface area is 265 Å². The quantitative estimate of drug-likeness (QED) is 0.199. The average Bonchev–Trinajstić information content (AvgIpc) is 3.61. The van der Waals surface area contributed by atoms with Crippen molar-refractivity contribution in [3.8, 4) is 17.3 Å². The van der Waals surface area contributed by atoms with Crippen molar-refractivity contribution in [2.75, 3.05) is 16.5 Å². The molecular weight excluding hydrogens is 552 g/mol. The van der Waals surface area contributed by atoms with E-state index in [0.717, 1.165) is 40.7 Å². The van der Waals surface area contributed by atoms with Gasteiger partial charge in [0, 0.05) is 40.8 Å². The molecule has 0 bridgehead atoms. The molecule has 1 aliphatic carbocycles. The van der Waals surface area contributed by atoms with E-state index in [0.29, 0.717) is 6.04 Å². The van der Waals surface area contributed by atoms with Gasteiger partial charge in [-0.2, -0.15) is 0 Å². The van der Waals surface area contributed by atoms with E-state index in [1.54, 1.807) is 0 Å². The van der Waals surface area contributed by atoms with Crippen LogP contribution in [-0.4, -0.2) is 22.3 Å². The van der Waals surface area contributed by atoms with Gasteiger partial charge in [-0.1, -0.05) is 76.4 Å². The Morgan fingerprint density at radius 1 is 0.689 bits per heavy atom. The lowest BCUT2D eigenvalue weighted by Gasteiger charge is -2.33. The van der Waals surface area contributed by atoms with Crippen LogP contribution >= 0.6 is 0 Å². The Balaban J connectivity index is 1.15. The third-order valence-corrected chi connectivity index (χ3v) is 9.64. The fraction of sp³-hybridized carbons (Fsp3) is 0.275. The summed E-state index contributed by atoms with van der Waals surface area (Å²) in [5, 5.41) is 2.39. The van der Waals surface area contributed by atoms with Crippen molar-refractivity contribution in [1.29, 1.82) is 0 Å². The van der Waals surface area contributed by atoms with Gasteiger partial charge in [-0.25, -0.2) is 4.98 Å². The normalized spacial score (nSPS) is 15.6. The summed E-state index contributed by atoms with van der Waals surface area (Å²) in [4.78, 5) is 9.89. The van der Waals surface area contributed by atoms with Gasteiger partial charge < -0.3 is 14.5 Å². The van der Waals surface area contributed by atoms with E-state index in [-0.39, 0.29) is 5.41 Å². The summed E-state index contributed by atoms with van der Waals surface area (Å²) in [6, 6.07) is 37.3. The van der Waals surface area contributed by atoms with Crippen molar-refractivity contribution in [3.63, 3.8) is 0 Å². The molecule has 0 amide bonds. The monoisotopic (exact) mass is 592 g/mol. The molecule has 5 nitrogen and oxygen atoms in total. The molecule has 45 heavy (non-hydrogen) atoms. The van der Waals surface area contributed by atoms with Crippen LogP contribution in [0, 0.1) is 0 Å². The van der Waals surface area contributed by atoms with Crippen LogP contribution in [0.3, 0.4) is 0 Å². The molecule has 6 aromatic rings. The Morgan fingerprint density at radius 3 is 2.29 bits per heavy atom. The fourth-order valence-electron chi connectivity index (χ4n) is 7.28. The number of pyridine rings is 1. The maximum Gasteiger partial charge on any atom is 0.137 e.